The molecule has 8 aromatic rings. The van der Waals surface area contributed by atoms with E-state index >= 15 is 0 Å². The number of carbonyl (C=O) groups excluding carboxylic acids is 5. The predicted molar refractivity (Wildman–Crippen MR) is 354 cm³/mol. The molecule has 1 saturated carbocycles. The van der Waals surface area contributed by atoms with E-state index in [4.69, 9.17) is 62.1 Å². The van der Waals surface area contributed by atoms with Crippen molar-refractivity contribution in [3.8, 4) is 40.2 Å². The van der Waals surface area contributed by atoms with Gasteiger partial charge in [-0.15, -0.1) is 0 Å². The molecule has 1 heterocycles. The second-order valence-corrected chi connectivity index (χ2v) is 22.5. The summed E-state index contributed by atoms with van der Waals surface area (Å²) in [6, 6.07) is 38.7. The lowest BCUT2D eigenvalue weighted by Gasteiger charge is -2.27. The number of rotatable bonds is 38. The van der Waals surface area contributed by atoms with Crippen molar-refractivity contribution in [1.82, 2.24) is 9.97 Å². The van der Waals surface area contributed by atoms with Gasteiger partial charge in [-0.3, -0.25) is 4.79 Å². The number of aromatic nitrogens is 2. The van der Waals surface area contributed by atoms with Gasteiger partial charge in [-0.2, -0.15) is 0 Å². The van der Waals surface area contributed by atoms with Crippen LogP contribution >= 0.6 is 0 Å². The first-order valence-electron chi connectivity index (χ1n) is 32.0. The first-order chi connectivity index (χ1) is 45.5. The summed E-state index contributed by atoms with van der Waals surface area (Å²) < 4.78 is 62.9. The molecular formula is C75H80N2O16. The lowest BCUT2D eigenvalue weighted by molar-refractivity contribution is -0.141. The fourth-order valence-corrected chi connectivity index (χ4v) is 10.7. The highest BCUT2D eigenvalue weighted by atomic mass is 16.6. The van der Waals surface area contributed by atoms with E-state index in [2.05, 4.69) is 19.7 Å². The molecule has 0 N–H and O–H groups in total. The minimum absolute atomic E-state index is 0.0149. The van der Waals surface area contributed by atoms with E-state index in [0.29, 0.717) is 127 Å². The number of unbranched alkanes of at least 4 members (excludes halogenated alkanes) is 9. The van der Waals surface area contributed by atoms with Gasteiger partial charge in [0.25, 0.3) is 0 Å². The first kappa shape index (κ1) is 67.7. The second-order valence-electron chi connectivity index (χ2n) is 22.5. The summed E-state index contributed by atoms with van der Waals surface area (Å²) in [5.74, 6) is 1.74. The second kappa shape index (κ2) is 35.8. The topological polar surface area (TPSA) is 213 Å². The van der Waals surface area contributed by atoms with Crippen molar-refractivity contribution in [3.05, 3.63) is 176 Å². The first-order valence-corrected chi connectivity index (χ1v) is 32.0. The van der Waals surface area contributed by atoms with Gasteiger partial charge in [-0.05, 0) is 190 Å². The van der Waals surface area contributed by atoms with Gasteiger partial charge in [0.15, 0.2) is 0 Å². The monoisotopic (exact) mass is 1260 g/mol. The predicted octanol–water partition coefficient (Wildman–Crippen LogP) is 15.4. The van der Waals surface area contributed by atoms with Crippen molar-refractivity contribution in [2.75, 3.05) is 52.9 Å². The van der Waals surface area contributed by atoms with Gasteiger partial charge in [0.05, 0.1) is 85.9 Å². The Kier molecular flexibility index (Phi) is 26.1. The average Bonchev–Trinajstić information content (AvgIpc) is 0.739. The van der Waals surface area contributed by atoms with Crippen LogP contribution in [-0.4, -0.2) is 98.8 Å². The van der Waals surface area contributed by atoms with Crippen LogP contribution in [0, 0.1) is 5.92 Å². The fraction of sp³-hybridized carbons (Fsp3) is 0.347. The summed E-state index contributed by atoms with van der Waals surface area (Å²) in [5.41, 5.74) is 3.79. The molecule has 7 aromatic carbocycles. The van der Waals surface area contributed by atoms with Crippen molar-refractivity contribution in [2.24, 2.45) is 5.92 Å². The van der Waals surface area contributed by atoms with Crippen LogP contribution in [0.15, 0.2) is 165 Å². The molecular weight excluding hydrogens is 1180 g/mol. The molecule has 1 aliphatic rings. The minimum atomic E-state index is -0.518. The van der Waals surface area contributed by atoms with Gasteiger partial charge in [-0.25, -0.2) is 29.1 Å². The van der Waals surface area contributed by atoms with E-state index in [9.17, 15) is 24.0 Å². The van der Waals surface area contributed by atoms with Crippen LogP contribution in [0.2, 0.25) is 0 Å². The molecule has 0 bridgehead atoms. The van der Waals surface area contributed by atoms with Gasteiger partial charge in [0, 0.05) is 35.1 Å². The number of benzene rings is 7. The van der Waals surface area contributed by atoms with E-state index < -0.39 is 17.9 Å². The van der Waals surface area contributed by atoms with Crippen molar-refractivity contribution < 1.29 is 76.1 Å². The van der Waals surface area contributed by atoms with Crippen LogP contribution in [0.25, 0.3) is 43.6 Å². The van der Waals surface area contributed by atoms with Crippen LogP contribution in [0.4, 0.5) is 0 Å². The number of nitrogens with zero attached hydrogens (tertiary/aromatic N) is 2. The van der Waals surface area contributed by atoms with E-state index in [1.807, 2.05) is 84.9 Å². The normalized spacial score (nSPS) is 13.6. The highest BCUT2D eigenvalue weighted by molar-refractivity contribution is 6.24. The third-order valence-corrected chi connectivity index (χ3v) is 15.7. The number of ether oxygens (including phenoxy) is 11. The molecule has 1 aromatic heterocycles. The maximum Gasteiger partial charge on any atom is 0.343 e. The van der Waals surface area contributed by atoms with Gasteiger partial charge < -0.3 is 52.1 Å². The van der Waals surface area contributed by atoms with E-state index in [1.54, 1.807) is 42.5 Å². The SMILES string of the molecule is C=CC(=O)OCCCCCCCCCOc1ccc2c3ccc(OC(=O)c4ccc(COC5CCC(C(=O)Oc6ccc(OCCCCCCOC(=O)C=C)cc6)CC5)cc4)cc3c3nc4ccc(Oc5ccc(OCCOCCOC(=O)C=C)cc5)cc4nc3c2c1. The lowest BCUT2D eigenvalue weighted by atomic mass is 9.87. The highest BCUT2D eigenvalue weighted by Crippen LogP contribution is 2.39. The number of carbonyl (C=O) groups is 5. The summed E-state index contributed by atoms with van der Waals surface area (Å²) >= 11 is 0. The Morgan fingerprint density at radius 1 is 0.409 bits per heavy atom. The Balaban J connectivity index is 0.792. The summed E-state index contributed by atoms with van der Waals surface area (Å²) in [6.45, 7) is 13.5. The summed E-state index contributed by atoms with van der Waals surface area (Å²) in [4.78, 5) is 71.0. The minimum Gasteiger partial charge on any atom is -0.494 e. The number of hydrogen-bond donors (Lipinski definition) is 0. The van der Waals surface area contributed by atoms with Crippen LogP contribution in [-0.2, 0) is 49.5 Å². The van der Waals surface area contributed by atoms with Crippen LogP contribution < -0.4 is 28.4 Å². The largest absolute Gasteiger partial charge is 0.494 e. The zero-order chi connectivity index (χ0) is 65.0. The van der Waals surface area contributed by atoms with E-state index in [0.717, 1.165) is 123 Å². The maximum atomic E-state index is 13.8. The molecule has 0 unspecified atom stereocenters. The van der Waals surface area contributed by atoms with Crippen molar-refractivity contribution >= 4 is 73.5 Å². The molecule has 93 heavy (non-hydrogen) atoms. The zero-order valence-electron chi connectivity index (χ0n) is 52.5. The summed E-state index contributed by atoms with van der Waals surface area (Å²) in [7, 11) is 0. The Morgan fingerprint density at radius 2 is 0.882 bits per heavy atom. The van der Waals surface area contributed by atoms with Crippen molar-refractivity contribution in [3.63, 3.8) is 0 Å². The van der Waals surface area contributed by atoms with Crippen molar-refractivity contribution in [1.29, 1.82) is 0 Å². The van der Waals surface area contributed by atoms with E-state index in [1.165, 1.54) is 6.08 Å². The van der Waals surface area contributed by atoms with Crippen LogP contribution in [0.3, 0.4) is 0 Å². The standard InChI is InChI=1S/C75H80N2O16/c1-4-69(78)87-42-16-11-9-7-8-10-14-41-85-60-34-37-63-64-38-35-61(49-66(64)72-73(65(63)48-60)77-68-50-62(36-39-67(68)76-72)91-58-30-26-56(27-31-58)86-46-44-83-45-47-89-71(80)6-3)93-75(82)53-20-18-52(19-21-53)51-90-57-24-22-54(23-25-57)74(81)92-59-32-28-55(29-33-59)84-40-15-12-13-17-43-88-70(79)5-2/h4-6,18-21,26-39,48-50,54,57H,1-3,7-17,22-25,40-47,51H2. The molecule has 0 amide bonds. The lowest BCUT2D eigenvalue weighted by Crippen LogP contribution is -2.28. The molecule has 9 rings (SSSR count). The number of esters is 5. The van der Waals surface area contributed by atoms with Gasteiger partial charge in [0.2, 0.25) is 0 Å². The van der Waals surface area contributed by atoms with Crippen molar-refractivity contribution in [2.45, 2.75) is 109 Å². The molecule has 18 nitrogen and oxygen atoms in total. The van der Waals surface area contributed by atoms with Gasteiger partial charge in [-0.1, -0.05) is 64.0 Å². The van der Waals surface area contributed by atoms with Gasteiger partial charge >= 0.3 is 29.8 Å². The Bertz CT molecular complexity index is 3820. The van der Waals surface area contributed by atoms with Gasteiger partial charge in [0.1, 0.15) is 53.5 Å². The third kappa shape index (κ3) is 20.9. The molecule has 0 radical (unpaired) electrons. The van der Waals surface area contributed by atoms with E-state index in [-0.39, 0.29) is 37.2 Å². The molecule has 1 aliphatic carbocycles. The third-order valence-electron chi connectivity index (χ3n) is 15.7. The smallest absolute Gasteiger partial charge is 0.343 e. The Hall–Kier alpha value is -9.65. The molecule has 0 saturated heterocycles. The molecule has 486 valence electrons. The van der Waals surface area contributed by atoms with Crippen LogP contribution in [0.5, 0.6) is 40.2 Å². The summed E-state index contributed by atoms with van der Waals surface area (Å²) in [5, 5.41) is 3.43. The Morgan fingerprint density at radius 3 is 1.48 bits per heavy atom. The maximum absolute atomic E-state index is 13.8. The average molecular weight is 1270 g/mol. The molecule has 1 fully saturated rings. The molecule has 0 aliphatic heterocycles. The highest BCUT2D eigenvalue weighted by Gasteiger charge is 2.28. The molecule has 0 atom stereocenters. The zero-order valence-corrected chi connectivity index (χ0v) is 52.5. The molecule has 18 heteroatoms. The number of hydrogen-bond acceptors (Lipinski definition) is 18. The van der Waals surface area contributed by atoms with Crippen LogP contribution in [0.1, 0.15) is 112 Å². The Labute approximate surface area is 541 Å². The fourth-order valence-electron chi connectivity index (χ4n) is 10.7. The quantitative estimate of drug-likeness (QED) is 0.00669. The molecule has 0 spiro atoms. The number of fused-ring (bicyclic) bond motifs is 7. The summed E-state index contributed by atoms with van der Waals surface area (Å²) in [6.07, 6.45) is 16.8.